The molecule has 0 bridgehead atoms. The summed E-state index contributed by atoms with van der Waals surface area (Å²) in [6.07, 6.45) is 6.88. The van der Waals surface area contributed by atoms with Gasteiger partial charge in [-0.3, -0.25) is 4.79 Å². The lowest BCUT2D eigenvalue weighted by Crippen LogP contribution is -2.47. The topological polar surface area (TPSA) is 44.4 Å². The summed E-state index contributed by atoms with van der Waals surface area (Å²) in [5.74, 6) is 0.211. The van der Waals surface area contributed by atoms with E-state index < -0.39 is 0 Å². The Kier molecular flexibility index (Phi) is 5.64. The van der Waals surface area contributed by atoms with E-state index in [1.807, 2.05) is 0 Å². The Morgan fingerprint density at radius 1 is 1.16 bits per heavy atom. The van der Waals surface area contributed by atoms with Crippen LogP contribution in [0.15, 0.2) is 0 Å². The Labute approximate surface area is 117 Å². The summed E-state index contributed by atoms with van der Waals surface area (Å²) in [7, 11) is 0. The number of nitrogens with one attached hydrogen (secondary N) is 2. The van der Waals surface area contributed by atoms with Crippen molar-refractivity contribution in [2.45, 2.75) is 70.5 Å². The van der Waals surface area contributed by atoms with E-state index in [9.17, 15) is 4.79 Å². The molecule has 1 amide bonds. The summed E-state index contributed by atoms with van der Waals surface area (Å²) in [4.78, 5) is 14.5. The number of likely N-dealkylation sites (tertiary alicyclic amines) is 1. The maximum atomic E-state index is 12.0. The lowest BCUT2D eigenvalue weighted by molar-refractivity contribution is -0.123. The zero-order valence-electron chi connectivity index (χ0n) is 12.5. The fraction of sp³-hybridized carbons (Fsp3) is 0.933. The van der Waals surface area contributed by atoms with Crippen molar-refractivity contribution < 1.29 is 4.79 Å². The normalized spacial score (nSPS) is 30.8. The third-order valence-electron chi connectivity index (χ3n) is 4.47. The molecule has 0 saturated carbocycles. The number of nitrogens with zero attached hydrogens (tertiary/aromatic N) is 1. The lowest BCUT2D eigenvalue weighted by atomic mass is 10.1. The van der Waals surface area contributed by atoms with Gasteiger partial charge in [0.05, 0.1) is 6.04 Å². The minimum atomic E-state index is 0.0399. The number of carbonyl (C=O) groups is 1. The minimum Gasteiger partial charge on any atom is -0.355 e. The van der Waals surface area contributed by atoms with Crippen molar-refractivity contribution in [1.29, 1.82) is 0 Å². The summed E-state index contributed by atoms with van der Waals surface area (Å²) in [5, 5.41) is 6.62. The third-order valence-corrected chi connectivity index (χ3v) is 4.47. The van der Waals surface area contributed by atoms with Crippen molar-refractivity contribution in [3.05, 3.63) is 0 Å². The molecule has 0 aromatic heterocycles. The first-order valence-electron chi connectivity index (χ1n) is 7.94. The van der Waals surface area contributed by atoms with Gasteiger partial charge in [-0.05, 0) is 65.5 Å². The largest absolute Gasteiger partial charge is 0.355 e. The highest BCUT2D eigenvalue weighted by molar-refractivity contribution is 5.81. The number of carbonyl (C=O) groups excluding carboxylic acids is 1. The molecular weight excluding hydrogens is 238 g/mol. The molecule has 2 atom stereocenters. The van der Waals surface area contributed by atoms with Gasteiger partial charge in [0.2, 0.25) is 5.91 Å². The lowest BCUT2D eigenvalue weighted by Gasteiger charge is -2.25. The van der Waals surface area contributed by atoms with E-state index in [1.54, 1.807) is 0 Å². The minimum absolute atomic E-state index is 0.0399. The van der Waals surface area contributed by atoms with E-state index >= 15 is 0 Å². The average molecular weight is 267 g/mol. The van der Waals surface area contributed by atoms with Crippen molar-refractivity contribution in [2.24, 2.45) is 0 Å². The zero-order valence-corrected chi connectivity index (χ0v) is 12.5. The molecule has 0 radical (unpaired) electrons. The van der Waals surface area contributed by atoms with Crippen molar-refractivity contribution in [1.82, 2.24) is 15.5 Å². The number of rotatable bonds is 3. The maximum Gasteiger partial charge on any atom is 0.237 e. The molecule has 4 heteroatoms. The molecule has 110 valence electrons. The predicted octanol–water partition coefficient (Wildman–Crippen LogP) is 1.51. The number of hydrogen-bond donors (Lipinski definition) is 2. The van der Waals surface area contributed by atoms with Gasteiger partial charge in [0.1, 0.15) is 0 Å². The summed E-state index contributed by atoms with van der Waals surface area (Å²) in [5.41, 5.74) is 0. The van der Waals surface area contributed by atoms with Gasteiger partial charge >= 0.3 is 0 Å². The highest BCUT2D eigenvalue weighted by Crippen LogP contribution is 2.15. The van der Waals surface area contributed by atoms with Gasteiger partial charge in [-0.1, -0.05) is 0 Å². The standard InChI is InChI=1S/C15H29N3O/c1-12(2)18-10-5-6-13(8-11-18)17-14-7-3-4-9-16-15(14)19/h12-14,17H,3-11H2,1-2H3,(H,16,19). The second-order valence-electron chi connectivity index (χ2n) is 6.26. The van der Waals surface area contributed by atoms with Gasteiger partial charge in [0.15, 0.2) is 0 Å². The van der Waals surface area contributed by atoms with E-state index in [2.05, 4.69) is 29.4 Å². The molecule has 2 N–H and O–H groups in total. The Morgan fingerprint density at radius 3 is 2.79 bits per heavy atom. The van der Waals surface area contributed by atoms with Gasteiger partial charge in [0, 0.05) is 18.6 Å². The Hall–Kier alpha value is -0.610. The molecule has 2 fully saturated rings. The molecule has 2 aliphatic heterocycles. The van der Waals surface area contributed by atoms with Crippen molar-refractivity contribution in [2.75, 3.05) is 19.6 Å². The molecule has 2 aliphatic rings. The van der Waals surface area contributed by atoms with E-state index in [1.165, 1.54) is 25.8 Å². The maximum absolute atomic E-state index is 12.0. The molecule has 2 heterocycles. The van der Waals surface area contributed by atoms with Crippen molar-refractivity contribution >= 4 is 5.91 Å². The second-order valence-corrected chi connectivity index (χ2v) is 6.26. The summed E-state index contributed by atoms with van der Waals surface area (Å²) in [6.45, 7) is 7.75. The molecule has 0 aromatic carbocycles. The van der Waals surface area contributed by atoms with Gasteiger partial charge in [-0.25, -0.2) is 0 Å². The molecule has 2 rings (SSSR count). The highest BCUT2D eigenvalue weighted by atomic mass is 16.2. The fourth-order valence-electron chi connectivity index (χ4n) is 3.18. The first kappa shape index (κ1) is 14.8. The monoisotopic (exact) mass is 267 g/mol. The van der Waals surface area contributed by atoms with Crippen LogP contribution in [0.1, 0.15) is 52.4 Å². The number of amides is 1. The Bertz CT molecular complexity index is 293. The van der Waals surface area contributed by atoms with Crippen LogP contribution in [0.4, 0.5) is 0 Å². The highest BCUT2D eigenvalue weighted by Gasteiger charge is 2.25. The quantitative estimate of drug-likeness (QED) is 0.814. The first-order valence-corrected chi connectivity index (χ1v) is 7.94. The van der Waals surface area contributed by atoms with Crippen LogP contribution in [-0.2, 0) is 4.79 Å². The molecule has 0 aliphatic carbocycles. The number of hydrogen-bond acceptors (Lipinski definition) is 3. The van der Waals surface area contributed by atoms with Gasteiger partial charge < -0.3 is 15.5 Å². The van der Waals surface area contributed by atoms with Crippen LogP contribution in [0.5, 0.6) is 0 Å². The van der Waals surface area contributed by atoms with Crippen molar-refractivity contribution in [3.63, 3.8) is 0 Å². The van der Waals surface area contributed by atoms with E-state index in [4.69, 9.17) is 0 Å². The zero-order chi connectivity index (χ0) is 13.7. The summed E-state index contributed by atoms with van der Waals surface area (Å²) >= 11 is 0. The summed E-state index contributed by atoms with van der Waals surface area (Å²) in [6, 6.07) is 1.19. The third kappa shape index (κ3) is 4.46. The molecule has 0 spiro atoms. The smallest absolute Gasteiger partial charge is 0.237 e. The van der Waals surface area contributed by atoms with E-state index in [0.29, 0.717) is 12.1 Å². The van der Waals surface area contributed by atoms with Crippen LogP contribution in [-0.4, -0.2) is 48.6 Å². The van der Waals surface area contributed by atoms with Crippen LogP contribution in [0, 0.1) is 0 Å². The Morgan fingerprint density at radius 2 is 2.00 bits per heavy atom. The van der Waals surface area contributed by atoms with E-state index in [-0.39, 0.29) is 11.9 Å². The van der Waals surface area contributed by atoms with Crippen LogP contribution < -0.4 is 10.6 Å². The molecule has 2 saturated heterocycles. The van der Waals surface area contributed by atoms with Crippen LogP contribution in [0.3, 0.4) is 0 Å². The Balaban J connectivity index is 1.83. The van der Waals surface area contributed by atoms with Gasteiger partial charge in [-0.2, -0.15) is 0 Å². The first-order chi connectivity index (χ1) is 9.16. The molecular formula is C15H29N3O. The van der Waals surface area contributed by atoms with Gasteiger partial charge in [-0.15, -0.1) is 0 Å². The van der Waals surface area contributed by atoms with E-state index in [0.717, 1.165) is 32.4 Å². The van der Waals surface area contributed by atoms with Crippen LogP contribution in [0.2, 0.25) is 0 Å². The van der Waals surface area contributed by atoms with Crippen molar-refractivity contribution in [3.8, 4) is 0 Å². The molecule has 19 heavy (non-hydrogen) atoms. The fourth-order valence-corrected chi connectivity index (χ4v) is 3.18. The molecule has 4 nitrogen and oxygen atoms in total. The van der Waals surface area contributed by atoms with Crippen LogP contribution >= 0.6 is 0 Å². The van der Waals surface area contributed by atoms with Crippen LogP contribution in [0.25, 0.3) is 0 Å². The SMILES string of the molecule is CC(C)N1CCCC(NC2CCCCNC2=O)CC1. The summed E-state index contributed by atoms with van der Waals surface area (Å²) < 4.78 is 0. The average Bonchev–Trinajstić information content (AvgIpc) is 2.72. The second kappa shape index (κ2) is 7.25. The molecule has 2 unspecified atom stereocenters. The van der Waals surface area contributed by atoms with Gasteiger partial charge in [0.25, 0.3) is 0 Å². The molecule has 0 aromatic rings. The predicted molar refractivity (Wildman–Crippen MR) is 78.1 cm³/mol.